The Labute approximate surface area is 145 Å². The average molecular weight is 352 g/mol. The molecule has 0 bridgehead atoms. The van der Waals surface area contributed by atoms with Gasteiger partial charge in [-0.1, -0.05) is 74.6 Å². The van der Waals surface area contributed by atoms with E-state index in [1.807, 2.05) is 0 Å². The van der Waals surface area contributed by atoms with Crippen molar-refractivity contribution in [3.8, 4) is 0 Å². The first-order valence-corrected chi connectivity index (χ1v) is 9.67. The average Bonchev–Trinajstić information content (AvgIpc) is 2.47. The lowest BCUT2D eigenvalue weighted by Gasteiger charge is -2.39. The van der Waals surface area contributed by atoms with Crippen molar-refractivity contribution in [2.75, 3.05) is 7.11 Å². The van der Waals surface area contributed by atoms with Crippen molar-refractivity contribution in [2.24, 2.45) is 5.92 Å². The van der Waals surface area contributed by atoms with Gasteiger partial charge in [0.15, 0.2) is 0 Å². The van der Waals surface area contributed by atoms with Crippen molar-refractivity contribution in [1.29, 1.82) is 0 Å². The standard InChI is InChI=1S/C16H31Cl2N3O/c1-22-14-12-10-8-6-4-2-3-5-7-9-11-13(12)19-15(17)21-16(18)20-14/h12-16,19-21H,2-11H2,1H3. The van der Waals surface area contributed by atoms with Crippen molar-refractivity contribution in [1.82, 2.24) is 16.0 Å². The second-order valence-corrected chi connectivity index (χ2v) is 7.43. The van der Waals surface area contributed by atoms with Gasteiger partial charge in [-0.15, -0.1) is 0 Å². The van der Waals surface area contributed by atoms with E-state index in [2.05, 4.69) is 16.0 Å². The topological polar surface area (TPSA) is 45.3 Å². The molecule has 2 fully saturated rings. The molecule has 3 N–H and O–H groups in total. The lowest BCUT2D eigenvalue weighted by Crippen LogP contribution is -2.61. The van der Waals surface area contributed by atoms with Crippen molar-refractivity contribution in [3.05, 3.63) is 0 Å². The predicted octanol–water partition coefficient (Wildman–Crippen LogP) is 3.69. The maximum atomic E-state index is 6.34. The molecule has 1 aliphatic heterocycles. The van der Waals surface area contributed by atoms with Crippen molar-refractivity contribution >= 4 is 23.2 Å². The molecule has 0 aromatic rings. The summed E-state index contributed by atoms with van der Waals surface area (Å²) in [4.78, 5) is 0. The first-order valence-electron chi connectivity index (χ1n) is 8.80. The van der Waals surface area contributed by atoms with Gasteiger partial charge in [0.05, 0.1) is 0 Å². The number of hydrogen-bond donors (Lipinski definition) is 3. The van der Waals surface area contributed by atoms with Crippen LogP contribution < -0.4 is 16.0 Å². The number of rotatable bonds is 1. The fourth-order valence-electron chi connectivity index (χ4n) is 3.71. The van der Waals surface area contributed by atoms with Gasteiger partial charge >= 0.3 is 0 Å². The summed E-state index contributed by atoms with van der Waals surface area (Å²) >= 11 is 12.6. The van der Waals surface area contributed by atoms with Crippen LogP contribution in [0.15, 0.2) is 0 Å². The highest BCUT2D eigenvalue weighted by atomic mass is 35.5. The molecule has 2 rings (SSSR count). The number of methoxy groups -OCH3 is 1. The molecule has 22 heavy (non-hydrogen) atoms. The van der Waals surface area contributed by atoms with E-state index in [-0.39, 0.29) is 17.5 Å². The third-order valence-electron chi connectivity index (χ3n) is 4.93. The van der Waals surface area contributed by atoms with Crippen molar-refractivity contribution in [2.45, 2.75) is 87.7 Å². The number of alkyl halides is 2. The lowest BCUT2D eigenvalue weighted by atomic mass is 9.87. The summed E-state index contributed by atoms with van der Waals surface area (Å²) in [7, 11) is 1.76. The van der Waals surface area contributed by atoms with Gasteiger partial charge in [0, 0.05) is 19.1 Å². The summed E-state index contributed by atoms with van der Waals surface area (Å²) in [6, 6.07) is 0.357. The Morgan fingerprint density at radius 3 is 1.91 bits per heavy atom. The van der Waals surface area contributed by atoms with Crippen LogP contribution in [0.1, 0.15) is 64.2 Å². The third-order valence-corrected chi connectivity index (χ3v) is 5.43. The minimum Gasteiger partial charge on any atom is -0.366 e. The SMILES string of the molecule is COC1NC(Cl)NC(Cl)NC2CCCCCCCCCCC21. The van der Waals surface area contributed by atoms with Gasteiger partial charge in [0.2, 0.25) is 0 Å². The highest BCUT2D eigenvalue weighted by Gasteiger charge is 2.34. The molecule has 5 unspecified atom stereocenters. The molecule has 0 aromatic heterocycles. The summed E-state index contributed by atoms with van der Waals surface area (Å²) in [6.07, 6.45) is 12.9. The van der Waals surface area contributed by atoms with Crippen LogP contribution in [0.25, 0.3) is 0 Å². The summed E-state index contributed by atoms with van der Waals surface area (Å²) in [5.74, 6) is 0.397. The largest absolute Gasteiger partial charge is 0.366 e. The number of hydrogen-bond acceptors (Lipinski definition) is 4. The first-order chi connectivity index (χ1) is 10.7. The molecule has 1 heterocycles. The molecule has 1 saturated heterocycles. The Hall–Kier alpha value is 0.420. The minimum absolute atomic E-state index is 0.0420. The molecule has 4 nitrogen and oxygen atoms in total. The summed E-state index contributed by atoms with van der Waals surface area (Å²) in [5, 5.41) is 9.93. The second-order valence-electron chi connectivity index (χ2n) is 6.56. The van der Waals surface area contributed by atoms with E-state index in [0.29, 0.717) is 12.0 Å². The molecular weight excluding hydrogens is 321 g/mol. The van der Waals surface area contributed by atoms with Crippen LogP contribution in [0.5, 0.6) is 0 Å². The van der Waals surface area contributed by atoms with Crippen molar-refractivity contribution in [3.63, 3.8) is 0 Å². The lowest BCUT2D eigenvalue weighted by molar-refractivity contribution is -0.00894. The number of ether oxygens (including phenoxy) is 1. The van der Waals surface area contributed by atoms with Crippen LogP contribution in [0, 0.1) is 5.92 Å². The maximum absolute atomic E-state index is 6.34. The predicted molar refractivity (Wildman–Crippen MR) is 92.9 cm³/mol. The molecule has 1 aliphatic carbocycles. The van der Waals surface area contributed by atoms with E-state index in [4.69, 9.17) is 27.9 Å². The van der Waals surface area contributed by atoms with Gasteiger partial charge in [-0.3, -0.25) is 16.0 Å². The molecule has 5 atom stereocenters. The van der Waals surface area contributed by atoms with E-state index >= 15 is 0 Å². The number of fused-ring (bicyclic) bond motifs is 1. The summed E-state index contributed by atoms with van der Waals surface area (Å²) < 4.78 is 5.71. The van der Waals surface area contributed by atoms with Crippen LogP contribution >= 0.6 is 23.2 Å². The molecule has 2 aliphatic rings. The van der Waals surface area contributed by atoms with Crippen LogP contribution in [0.3, 0.4) is 0 Å². The van der Waals surface area contributed by atoms with E-state index in [1.165, 1.54) is 51.4 Å². The molecule has 0 spiro atoms. The highest BCUT2D eigenvalue weighted by Crippen LogP contribution is 2.26. The van der Waals surface area contributed by atoms with Crippen LogP contribution in [-0.2, 0) is 4.74 Å². The van der Waals surface area contributed by atoms with Crippen LogP contribution in [0.4, 0.5) is 0 Å². The number of nitrogens with one attached hydrogen (secondary N) is 3. The second kappa shape index (κ2) is 10.3. The summed E-state index contributed by atoms with van der Waals surface area (Å²) in [5.41, 5.74) is -0.699. The molecule has 6 heteroatoms. The van der Waals surface area contributed by atoms with E-state index < -0.39 is 0 Å². The smallest absolute Gasteiger partial charge is 0.139 e. The normalized spacial score (nSPS) is 39.7. The van der Waals surface area contributed by atoms with Gasteiger partial charge in [-0.05, 0) is 12.8 Å². The molecular formula is C16H31Cl2N3O. The van der Waals surface area contributed by atoms with Crippen LogP contribution in [0.2, 0.25) is 0 Å². The highest BCUT2D eigenvalue weighted by molar-refractivity contribution is 6.22. The van der Waals surface area contributed by atoms with Gasteiger partial charge in [0.1, 0.15) is 17.5 Å². The molecule has 0 radical (unpaired) electrons. The third kappa shape index (κ3) is 6.14. The fourth-order valence-corrected chi connectivity index (χ4v) is 4.32. The molecule has 0 amide bonds. The zero-order valence-corrected chi connectivity index (χ0v) is 15.1. The fraction of sp³-hybridized carbons (Fsp3) is 1.00. The van der Waals surface area contributed by atoms with E-state index in [0.717, 1.165) is 12.8 Å². The van der Waals surface area contributed by atoms with Gasteiger partial charge in [-0.2, -0.15) is 0 Å². The summed E-state index contributed by atoms with van der Waals surface area (Å²) in [6.45, 7) is 0. The minimum atomic E-state index is -0.387. The maximum Gasteiger partial charge on any atom is 0.139 e. The van der Waals surface area contributed by atoms with E-state index in [9.17, 15) is 0 Å². The Balaban J connectivity index is 2.06. The Bertz CT molecular complexity index is 309. The van der Waals surface area contributed by atoms with Crippen LogP contribution in [-0.4, -0.2) is 30.6 Å². The molecule has 0 aromatic carbocycles. The van der Waals surface area contributed by atoms with Gasteiger partial charge < -0.3 is 4.74 Å². The van der Waals surface area contributed by atoms with Crippen molar-refractivity contribution < 1.29 is 4.74 Å². The zero-order valence-electron chi connectivity index (χ0n) is 13.6. The zero-order chi connectivity index (χ0) is 15.8. The first kappa shape index (κ1) is 18.8. The Morgan fingerprint density at radius 2 is 1.27 bits per heavy atom. The molecule has 1 saturated carbocycles. The van der Waals surface area contributed by atoms with Gasteiger partial charge in [-0.25, -0.2) is 0 Å². The van der Waals surface area contributed by atoms with Gasteiger partial charge in [0.25, 0.3) is 0 Å². The quantitative estimate of drug-likeness (QED) is 0.498. The monoisotopic (exact) mass is 351 g/mol. The Kier molecular flexibility index (Phi) is 8.80. The van der Waals surface area contributed by atoms with E-state index in [1.54, 1.807) is 7.11 Å². The Morgan fingerprint density at radius 1 is 0.727 bits per heavy atom. The molecule has 130 valence electrons. The number of halogens is 2.